The summed E-state index contributed by atoms with van der Waals surface area (Å²) in [6, 6.07) is 2.64. The molecule has 2 rings (SSSR count). The van der Waals surface area contributed by atoms with Crippen LogP contribution in [0.4, 0.5) is 11.4 Å². The summed E-state index contributed by atoms with van der Waals surface area (Å²) in [5.74, 6) is 0.378. The summed E-state index contributed by atoms with van der Waals surface area (Å²) in [7, 11) is 0. The van der Waals surface area contributed by atoms with Crippen LogP contribution in [0.5, 0.6) is 11.5 Å². The summed E-state index contributed by atoms with van der Waals surface area (Å²) in [5, 5.41) is 13.9. The number of nitrogens with one attached hydrogen (secondary N) is 1. The second-order valence-corrected chi connectivity index (χ2v) is 4.26. The van der Waals surface area contributed by atoms with Gasteiger partial charge in [-0.15, -0.1) is 0 Å². The third-order valence-electron chi connectivity index (χ3n) is 2.28. The molecule has 0 aliphatic carbocycles. The number of anilines is 1. The Bertz CT molecular complexity index is 505. The van der Waals surface area contributed by atoms with Gasteiger partial charge in [-0.25, -0.2) is 0 Å². The number of fused-ring (bicyclic) bond motifs is 1. The van der Waals surface area contributed by atoms with Crippen LogP contribution in [0.1, 0.15) is 6.42 Å². The SMILES string of the molecule is O=C(CCBr)Nc1cc2c(cc1[N+](=O)[O-])OCO2. The molecule has 7 nitrogen and oxygen atoms in total. The van der Waals surface area contributed by atoms with E-state index < -0.39 is 4.92 Å². The predicted molar refractivity (Wildman–Crippen MR) is 66.3 cm³/mol. The van der Waals surface area contributed by atoms with Crippen LogP contribution in [0.2, 0.25) is 0 Å². The summed E-state index contributed by atoms with van der Waals surface area (Å²) in [6.45, 7) is 0.0191. The summed E-state index contributed by atoms with van der Waals surface area (Å²) < 4.78 is 10.2. The highest BCUT2D eigenvalue weighted by Gasteiger charge is 2.24. The number of amides is 1. The van der Waals surface area contributed by atoms with Crippen LogP contribution in [-0.2, 0) is 4.79 Å². The molecule has 96 valence electrons. The first-order valence-electron chi connectivity index (χ1n) is 5.05. The number of nitrogens with zero attached hydrogens (tertiary/aromatic N) is 1. The van der Waals surface area contributed by atoms with Crippen molar-refractivity contribution in [2.75, 3.05) is 17.4 Å². The topological polar surface area (TPSA) is 90.7 Å². The maximum absolute atomic E-state index is 11.5. The number of hydrogen-bond donors (Lipinski definition) is 1. The molecule has 1 amide bonds. The number of nitro groups is 1. The minimum Gasteiger partial charge on any atom is -0.454 e. The van der Waals surface area contributed by atoms with E-state index in [2.05, 4.69) is 21.2 Å². The number of benzene rings is 1. The van der Waals surface area contributed by atoms with Crippen molar-refractivity contribution in [3.05, 3.63) is 22.2 Å². The van der Waals surface area contributed by atoms with Gasteiger partial charge in [0.2, 0.25) is 12.7 Å². The van der Waals surface area contributed by atoms with Crippen molar-refractivity contribution in [1.29, 1.82) is 0 Å². The molecule has 18 heavy (non-hydrogen) atoms. The first-order valence-corrected chi connectivity index (χ1v) is 6.18. The Labute approximate surface area is 110 Å². The lowest BCUT2D eigenvalue weighted by molar-refractivity contribution is -0.384. The van der Waals surface area contributed by atoms with Crippen LogP contribution < -0.4 is 14.8 Å². The fourth-order valence-electron chi connectivity index (χ4n) is 1.48. The minimum absolute atomic E-state index is 0.0191. The van der Waals surface area contributed by atoms with Crippen molar-refractivity contribution < 1.29 is 19.2 Å². The van der Waals surface area contributed by atoms with Gasteiger partial charge in [-0.2, -0.15) is 0 Å². The molecule has 0 saturated heterocycles. The van der Waals surface area contributed by atoms with Crippen molar-refractivity contribution in [2.24, 2.45) is 0 Å². The summed E-state index contributed by atoms with van der Waals surface area (Å²) in [5.41, 5.74) is -0.114. The van der Waals surface area contributed by atoms with Crippen LogP contribution in [0, 0.1) is 10.1 Å². The molecule has 0 saturated carbocycles. The van der Waals surface area contributed by atoms with Crippen molar-refractivity contribution in [3.8, 4) is 11.5 Å². The van der Waals surface area contributed by atoms with Gasteiger partial charge in [-0.05, 0) is 0 Å². The third-order valence-corrected chi connectivity index (χ3v) is 2.68. The largest absolute Gasteiger partial charge is 0.454 e. The molecule has 1 aromatic rings. The van der Waals surface area contributed by atoms with Crippen molar-refractivity contribution in [1.82, 2.24) is 0 Å². The van der Waals surface area contributed by atoms with E-state index in [1.54, 1.807) is 0 Å². The molecule has 1 aliphatic rings. The van der Waals surface area contributed by atoms with E-state index in [1.807, 2.05) is 0 Å². The van der Waals surface area contributed by atoms with Crippen LogP contribution >= 0.6 is 15.9 Å². The second-order valence-electron chi connectivity index (χ2n) is 3.47. The van der Waals surface area contributed by atoms with Crippen LogP contribution in [0.3, 0.4) is 0 Å². The molecule has 1 aliphatic heterocycles. The van der Waals surface area contributed by atoms with Crippen LogP contribution in [-0.4, -0.2) is 23.0 Å². The highest BCUT2D eigenvalue weighted by Crippen LogP contribution is 2.40. The zero-order valence-electron chi connectivity index (χ0n) is 9.14. The normalized spacial score (nSPS) is 12.3. The van der Waals surface area contributed by atoms with Crippen LogP contribution in [0.15, 0.2) is 12.1 Å². The maximum Gasteiger partial charge on any atom is 0.296 e. The van der Waals surface area contributed by atoms with Gasteiger partial charge in [-0.3, -0.25) is 14.9 Å². The number of hydrogen-bond acceptors (Lipinski definition) is 5. The monoisotopic (exact) mass is 316 g/mol. The fourth-order valence-corrected chi connectivity index (χ4v) is 1.84. The molecule has 0 fully saturated rings. The van der Waals surface area contributed by atoms with E-state index in [1.165, 1.54) is 12.1 Å². The Morgan fingerprint density at radius 2 is 2.11 bits per heavy atom. The smallest absolute Gasteiger partial charge is 0.296 e. The number of carbonyl (C=O) groups is 1. The fraction of sp³-hybridized carbons (Fsp3) is 0.300. The standard InChI is InChI=1S/C10H9BrN2O5/c11-2-1-10(14)12-6-3-8-9(18-5-17-8)4-7(6)13(15)16/h3-4H,1-2,5H2,(H,12,14). The molecule has 0 spiro atoms. The number of alkyl halides is 1. The quantitative estimate of drug-likeness (QED) is 0.521. The maximum atomic E-state index is 11.5. The van der Waals surface area contributed by atoms with Crippen LogP contribution in [0.25, 0.3) is 0 Å². The molecule has 8 heteroatoms. The van der Waals surface area contributed by atoms with Gasteiger partial charge >= 0.3 is 0 Å². The molecule has 0 aromatic heterocycles. The van der Waals surface area contributed by atoms with E-state index in [9.17, 15) is 14.9 Å². The molecule has 0 radical (unpaired) electrons. The van der Waals surface area contributed by atoms with Crippen molar-refractivity contribution in [3.63, 3.8) is 0 Å². The van der Waals surface area contributed by atoms with Gasteiger partial charge in [0.25, 0.3) is 5.69 Å². The Morgan fingerprint density at radius 3 is 2.72 bits per heavy atom. The van der Waals surface area contributed by atoms with Gasteiger partial charge in [-0.1, -0.05) is 15.9 Å². The molecule has 0 bridgehead atoms. The zero-order chi connectivity index (χ0) is 13.1. The molecule has 0 unspecified atom stereocenters. The number of rotatable bonds is 4. The highest BCUT2D eigenvalue weighted by atomic mass is 79.9. The first-order chi connectivity index (χ1) is 8.61. The summed E-state index contributed by atoms with van der Waals surface area (Å²) in [4.78, 5) is 21.8. The Morgan fingerprint density at radius 1 is 1.44 bits per heavy atom. The number of halogens is 1. The average molecular weight is 317 g/mol. The molecule has 1 aromatic carbocycles. The summed E-state index contributed by atoms with van der Waals surface area (Å²) in [6.07, 6.45) is 0.228. The van der Waals surface area contributed by atoms with E-state index >= 15 is 0 Å². The molecular weight excluding hydrogens is 308 g/mol. The van der Waals surface area contributed by atoms with E-state index in [-0.39, 0.29) is 30.5 Å². The lowest BCUT2D eigenvalue weighted by atomic mass is 10.2. The Hall–Kier alpha value is -1.83. The highest BCUT2D eigenvalue weighted by molar-refractivity contribution is 9.09. The van der Waals surface area contributed by atoms with Gasteiger partial charge in [0, 0.05) is 17.8 Å². The van der Waals surface area contributed by atoms with E-state index in [0.29, 0.717) is 16.8 Å². The molecule has 1 N–H and O–H groups in total. The third kappa shape index (κ3) is 2.53. The molecule has 0 atom stereocenters. The predicted octanol–water partition coefficient (Wildman–Crippen LogP) is 2.05. The van der Waals surface area contributed by atoms with Gasteiger partial charge in [0.05, 0.1) is 11.0 Å². The van der Waals surface area contributed by atoms with Crippen molar-refractivity contribution >= 4 is 33.2 Å². The minimum atomic E-state index is -0.578. The summed E-state index contributed by atoms with van der Waals surface area (Å²) >= 11 is 3.12. The Kier molecular flexibility index (Phi) is 3.66. The number of ether oxygens (including phenoxy) is 2. The lowest BCUT2D eigenvalue weighted by Gasteiger charge is -2.06. The molecule has 1 heterocycles. The Balaban J connectivity index is 2.32. The van der Waals surface area contributed by atoms with Gasteiger partial charge in [0.1, 0.15) is 5.69 Å². The average Bonchev–Trinajstić information content (AvgIpc) is 2.74. The lowest BCUT2D eigenvalue weighted by Crippen LogP contribution is -2.12. The van der Waals surface area contributed by atoms with E-state index in [4.69, 9.17) is 9.47 Å². The number of nitro benzene ring substituents is 1. The number of carbonyl (C=O) groups excluding carboxylic acids is 1. The van der Waals surface area contributed by atoms with E-state index in [0.717, 1.165) is 0 Å². The first kappa shape index (κ1) is 12.6. The van der Waals surface area contributed by atoms with Gasteiger partial charge in [0.15, 0.2) is 11.5 Å². The van der Waals surface area contributed by atoms with Gasteiger partial charge < -0.3 is 14.8 Å². The second kappa shape index (κ2) is 5.21. The molecular formula is C10H9BrN2O5. The van der Waals surface area contributed by atoms with Crippen molar-refractivity contribution in [2.45, 2.75) is 6.42 Å². The zero-order valence-corrected chi connectivity index (χ0v) is 10.7.